The van der Waals surface area contributed by atoms with Gasteiger partial charge in [0.15, 0.2) is 0 Å². The lowest BCUT2D eigenvalue weighted by Gasteiger charge is -2.58. The topological polar surface area (TPSA) is 78.4 Å². The van der Waals surface area contributed by atoms with Gasteiger partial charge in [-0.15, -0.1) is 0 Å². The average Bonchev–Trinajstić information content (AvgIpc) is 2.47. The van der Waals surface area contributed by atoms with Crippen LogP contribution in [0.1, 0.15) is 65.2 Å². The normalized spacial score (nSPS) is 36.8. The maximum absolute atomic E-state index is 12.3. The fourth-order valence-corrected chi connectivity index (χ4v) is 5.29. The minimum atomic E-state index is -0.452. The fraction of sp³-hybridized carbons (Fsp3) is 0.895. The van der Waals surface area contributed by atoms with E-state index in [2.05, 4.69) is 24.5 Å². The molecule has 2 atom stereocenters. The monoisotopic (exact) mass is 336 g/mol. The maximum atomic E-state index is 12.3. The maximum Gasteiger partial charge on any atom is 0.220 e. The second-order valence-electron chi connectivity index (χ2n) is 8.84. The quantitative estimate of drug-likeness (QED) is 0.665. The summed E-state index contributed by atoms with van der Waals surface area (Å²) in [6.07, 6.45) is 6.41. The summed E-state index contributed by atoms with van der Waals surface area (Å²) < 4.78 is 0. The summed E-state index contributed by atoms with van der Waals surface area (Å²) in [5, 5.41) is 16.7. The molecule has 4 fully saturated rings. The summed E-state index contributed by atoms with van der Waals surface area (Å²) in [6, 6.07) is 0.240. The summed E-state index contributed by atoms with van der Waals surface area (Å²) in [5.41, 5.74) is -0.452. The van der Waals surface area contributed by atoms with Crippen molar-refractivity contribution in [3.63, 3.8) is 0 Å². The van der Waals surface area contributed by atoms with Crippen LogP contribution in [0.2, 0.25) is 0 Å². The van der Waals surface area contributed by atoms with Gasteiger partial charge in [-0.1, -0.05) is 13.8 Å². The zero-order valence-electron chi connectivity index (χ0n) is 15.0. The van der Waals surface area contributed by atoms with Gasteiger partial charge in [-0.2, -0.15) is 0 Å². The summed E-state index contributed by atoms with van der Waals surface area (Å²) in [5.74, 6) is 2.10. The molecule has 0 aromatic rings. The van der Waals surface area contributed by atoms with Gasteiger partial charge in [0.1, 0.15) is 0 Å². The number of hydrogen-bond donors (Lipinski definition) is 3. The lowest BCUT2D eigenvalue weighted by atomic mass is 9.52. The number of amides is 2. The van der Waals surface area contributed by atoms with Crippen molar-refractivity contribution in [2.24, 2.45) is 23.7 Å². The molecule has 4 rings (SSSR count). The van der Waals surface area contributed by atoms with E-state index < -0.39 is 5.60 Å². The zero-order chi connectivity index (χ0) is 17.3. The Morgan fingerprint density at radius 1 is 1.08 bits per heavy atom. The first kappa shape index (κ1) is 17.7. The molecule has 2 amide bonds. The Hall–Kier alpha value is -1.10. The Morgan fingerprint density at radius 3 is 2.29 bits per heavy atom. The molecule has 136 valence electrons. The van der Waals surface area contributed by atoms with Gasteiger partial charge in [-0.3, -0.25) is 9.59 Å². The van der Waals surface area contributed by atoms with Gasteiger partial charge in [0.05, 0.1) is 5.60 Å². The predicted octanol–water partition coefficient (Wildman–Crippen LogP) is 1.98. The molecule has 24 heavy (non-hydrogen) atoms. The SMILES string of the molecule is CC(C)CNC(=O)CCCC(=O)NC1C2CC3CC1CC(O)(C3)C2. The average molecular weight is 336 g/mol. The lowest BCUT2D eigenvalue weighted by molar-refractivity contribution is -0.146. The van der Waals surface area contributed by atoms with Crippen LogP contribution in [0.4, 0.5) is 0 Å². The van der Waals surface area contributed by atoms with Crippen molar-refractivity contribution in [3.05, 3.63) is 0 Å². The predicted molar refractivity (Wildman–Crippen MR) is 92.1 cm³/mol. The zero-order valence-corrected chi connectivity index (χ0v) is 15.0. The first-order valence-electron chi connectivity index (χ1n) is 9.63. The molecule has 0 heterocycles. The van der Waals surface area contributed by atoms with Crippen molar-refractivity contribution in [3.8, 4) is 0 Å². The molecule has 0 radical (unpaired) electrons. The van der Waals surface area contributed by atoms with Crippen LogP contribution in [0.3, 0.4) is 0 Å². The fourth-order valence-electron chi connectivity index (χ4n) is 5.29. The van der Waals surface area contributed by atoms with Gasteiger partial charge >= 0.3 is 0 Å². The molecule has 5 nitrogen and oxygen atoms in total. The van der Waals surface area contributed by atoms with Crippen LogP contribution in [0.5, 0.6) is 0 Å². The number of carbonyl (C=O) groups excluding carboxylic acids is 2. The van der Waals surface area contributed by atoms with E-state index >= 15 is 0 Å². The molecule has 3 N–H and O–H groups in total. The third kappa shape index (κ3) is 4.11. The van der Waals surface area contributed by atoms with E-state index in [1.807, 2.05) is 0 Å². The van der Waals surface area contributed by atoms with Crippen molar-refractivity contribution in [1.82, 2.24) is 10.6 Å². The molecule has 0 saturated heterocycles. The van der Waals surface area contributed by atoms with Crippen LogP contribution in [0.15, 0.2) is 0 Å². The third-order valence-corrected chi connectivity index (χ3v) is 6.08. The molecule has 4 aliphatic rings. The van der Waals surface area contributed by atoms with Gasteiger partial charge in [0.2, 0.25) is 11.8 Å². The van der Waals surface area contributed by atoms with Crippen molar-refractivity contribution < 1.29 is 14.7 Å². The third-order valence-electron chi connectivity index (χ3n) is 6.08. The number of rotatable bonds is 7. The largest absolute Gasteiger partial charge is 0.390 e. The van der Waals surface area contributed by atoms with Crippen molar-refractivity contribution in [2.75, 3.05) is 6.54 Å². The Kier molecular flexibility index (Phi) is 5.19. The van der Waals surface area contributed by atoms with Crippen molar-refractivity contribution in [1.29, 1.82) is 0 Å². The van der Waals surface area contributed by atoms with E-state index in [4.69, 9.17) is 0 Å². The Balaban J connectivity index is 1.39. The van der Waals surface area contributed by atoms with E-state index in [-0.39, 0.29) is 17.9 Å². The Bertz CT molecular complexity index is 475. The minimum absolute atomic E-state index is 0.0355. The summed E-state index contributed by atoms with van der Waals surface area (Å²) >= 11 is 0. The molecular formula is C19H32N2O3. The van der Waals surface area contributed by atoms with Gasteiger partial charge in [-0.05, 0) is 62.2 Å². The molecule has 5 heteroatoms. The molecule has 4 saturated carbocycles. The summed E-state index contributed by atoms with van der Waals surface area (Å²) in [4.78, 5) is 23.9. The Morgan fingerprint density at radius 2 is 1.71 bits per heavy atom. The van der Waals surface area contributed by atoms with E-state index in [1.165, 1.54) is 0 Å². The Labute approximate surface area is 145 Å². The van der Waals surface area contributed by atoms with Crippen LogP contribution in [0, 0.1) is 23.7 Å². The smallest absolute Gasteiger partial charge is 0.220 e. The minimum Gasteiger partial charge on any atom is -0.390 e. The number of hydrogen-bond acceptors (Lipinski definition) is 3. The summed E-state index contributed by atoms with van der Waals surface area (Å²) in [6.45, 7) is 4.82. The van der Waals surface area contributed by atoms with E-state index in [9.17, 15) is 14.7 Å². The van der Waals surface area contributed by atoms with Crippen LogP contribution >= 0.6 is 0 Å². The van der Waals surface area contributed by atoms with E-state index in [0.29, 0.717) is 49.5 Å². The highest BCUT2D eigenvalue weighted by Crippen LogP contribution is 2.55. The molecule has 0 spiro atoms. The standard InChI is InChI=1S/C19H32N2O3/c1-12(2)11-20-16(22)4-3-5-17(23)21-18-14-6-13-7-15(18)10-19(24,8-13)9-14/h12-15,18,24H,3-11H2,1-2H3,(H,20,22)(H,21,23). The molecule has 2 unspecified atom stereocenters. The van der Waals surface area contributed by atoms with Crippen LogP contribution in [-0.4, -0.2) is 35.1 Å². The number of aliphatic hydroxyl groups is 1. The van der Waals surface area contributed by atoms with Gasteiger partial charge < -0.3 is 15.7 Å². The van der Waals surface area contributed by atoms with E-state index in [1.54, 1.807) is 0 Å². The van der Waals surface area contributed by atoms with Crippen molar-refractivity contribution in [2.45, 2.75) is 76.9 Å². The second kappa shape index (κ2) is 7.03. The van der Waals surface area contributed by atoms with Crippen LogP contribution in [0.25, 0.3) is 0 Å². The van der Waals surface area contributed by atoms with Crippen LogP contribution < -0.4 is 10.6 Å². The number of nitrogens with one attached hydrogen (secondary N) is 2. The van der Waals surface area contributed by atoms with Crippen LogP contribution in [-0.2, 0) is 9.59 Å². The number of carbonyl (C=O) groups is 2. The summed E-state index contributed by atoms with van der Waals surface area (Å²) in [7, 11) is 0. The highest BCUT2D eigenvalue weighted by molar-refractivity contribution is 5.79. The molecule has 4 aliphatic carbocycles. The first-order valence-corrected chi connectivity index (χ1v) is 9.63. The molecular weight excluding hydrogens is 304 g/mol. The van der Waals surface area contributed by atoms with Gasteiger partial charge in [0, 0.05) is 25.4 Å². The van der Waals surface area contributed by atoms with Gasteiger partial charge in [-0.25, -0.2) is 0 Å². The lowest BCUT2D eigenvalue weighted by Crippen LogP contribution is -2.61. The molecule has 0 aromatic carbocycles. The van der Waals surface area contributed by atoms with E-state index in [0.717, 1.165) is 32.1 Å². The van der Waals surface area contributed by atoms with Crippen molar-refractivity contribution >= 4 is 11.8 Å². The molecule has 0 aromatic heterocycles. The van der Waals surface area contributed by atoms with Gasteiger partial charge in [0.25, 0.3) is 0 Å². The molecule has 4 bridgehead atoms. The first-order chi connectivity index (χ1) is 11.3. The highest BCUT2D eigenvalue weighted by Gasteiger charge is 2.54. The molecule has 0 aliphatic heterocycles. The highest BCUT2D eigenvalue weighted by atomic mass is 16.3. The second-order valence-corrected chi connectivity index (χ2v) is 8.84.